The molecule has 0 radical (unpaired) electrons. The van der Waals surface area contributed by atoms with Crippen LogP contribution < -0.4 is 15.0 Å². The molecule has 1 unspecified atom stereocenters. The van der Waals surface area contributed by atoms with Crippen molar-refractivity contribution in [2.24, 2.45) is 23.2 Å². The lowest BCUT2D eigenvalue weighted by Gasteiger charge is -2.55. The molecule has 9 nitrogen and oxygen atoms in total. The first-order chi connectivity index (χ1) is 22.4. The molecule has 2 amide bonds. The first-order valence-corrected chi connectivity index (χ1v) is 17.8. The van der Waals surface area contributed by atoms with E-state index in [2.05, 4.69) is 38.9 Å². The van der Waals surface area contributed by atoms with Gasteiger partial charge in [0, 0.05) is 48.6 Å². The molecule has 4 aliphatic rings. The number of hydrogen-bond acceptors (Lipinski definition) is 7. The Bertz CT molecular complexity index is 1430. The summed E-state index contributed by atoms with van der Waals surface area (Å²) in [5, 5.41) is 3.40. The molecule has 1 atom stereocenters. The van der Waals surface area contributed by atoms with Gasteiger partial charge in [-0.25, -0.2) is 14.4 Å². The van der Waals surface area contributed by atoms with Crippen LogP contribution in [0.25, 0.3) is 0 Å². The van der Waals surface area contributed by atoms with Crippen molar-refractivity contribution in [3.05, 3.63) is 42.1 Å². The van der Waals surface area contributed by atoms with E-state index in [0.717, 1.165) is 64.8 Å². The molecular weight excluding hydrogens is 595 g/mol. The van der Waals surface area contributed by atoms with Gasteiger partial charge in [-0.15, -0.1) is 0 Å². The number of likely N-dealkylation sites (tertiary alicyclic amines) is 1. The predicted molar refractivity (Wildman–Crippen MR) is 181 cm³/mol. The maximum absolute atomic E-state index is 14.4. The van der Waals surface area contributed by atoms with Crippen LogP contribution in [0.1, 0.15) is 96.8 Å². The second-order valence-corrected chi connectivity index (χ2v) is 15.8. The van der Waals surface area contributed by atoms with Crippen molar-refractivity contribution in [1.29, 1.82) is 0 Å². The number of halogens is 1. The molecule has 4 heterocycles. The van der Waals surface area contributed by atoms with Crippen molar-refractivity contribution >= 4 is 17.6 Å². The van der Waals surface area contributed by atoms with Gasteiger partial charge >= 0.3 is 0 Å². The molecule has 256 valence electrons. The van der Waals surface area contributed by atoms with Crippen molar-refractivity contribution in [3.8, 4) is 11.5 Å². The molecule has 2 aromatic rings. The Labute approximate surface area is 279 Å². The second-order valence-electron chi connectivity index (χ2n) is 15.8. The van der Waals surface area contributed by atoms with Crippen molar-refractivity contribution in [1.82, 2.24) is 25.1 Å². The largest absolute Gasteiger partial charge is 0.451 e. The van der Waals surface area contributed by atoms with Gasteiger partial charge in [0.2, 0.25) is 5.91 Å². The third-order valence-corrected chi connectivity index (χ3v) is 11.4. The average molecular weight is 649 g/mol. The molecule has 6 rings (SSSR count). The van der Waals surface area contributed by atoms with Crippen molar-refractivity contribution in [2.45, 2.75) is 104 Å². The van der Waals surface area contributed by atoms with Crippen molar-refractivity contribution in [2.75, 3.05) is 37.6 Å². The number of amides is 2. The van der Waals surface area contributed by atoms with E-state index in [-0.39, 0.29) is 46.3 Å². The number of nitrogens with zero attached hydrogens (tertiary/aromatic N) is 5. The van der Waals surface area contributed by atoms with Gasteiger partial charge < -0.3 is 24.8 Å². The number of hydrogen-bond donors (Lipinski definition) is 1. The highest BCUT2D eigenvalue weighted by atomic mass is 19.1. The highest BCUT2D eigenvalue weighted by Gasteiger charge is 2.48. The van der Waals surface area contributed by atoms with Gasteiger partial charge in [0.1, 0.15) is 17.9 Å². The number of carbonyl (C=O) groups excluding carboxylic acids is 2. The molecule has 3 aliphatic heterocycles. The Balaban J connectivity index is 1.03. The molecule has 1 aromatic heterocycles. The zero-order valence-electron chi connectivity index (χ0n) is 29.1. The van der Waals surface area contributed by atoms with Gasteiger partial charge in [0.05, 0.1) is 11.8 Å². The first kappa shape index (κ1) is 33.6. The second kappa shape index (κ2) is 13.3. The molecule has 1 aromatic carbocycles. The molecule has 47 heavy (non-hydrogen) atoms. The minimum absolute atomic E-state index is 0.0454. The summed E-state index contributed by atoms with van der Waals surface area (Å²) < 4.78 is 20.7. The van der Waals surface area contributed by atoms with Crippen LogP contribution in [-0.4, -0.2) is 81.9 Å². The lowest BCUT2D eigenvalue weighted by molar-refractivity contribution is -0.124. The lowest BCUT2D eigenvalue weighted by atomic mass is 9.71. The SMILES string of the molecule is CC(C)C1CC2(CCC(CN3CCC4(CC3)CN(c3ncncc3Oc3ccc(F)cc3C(=O)N(C(C)C)C(C)C)C4)CC2)NC1=O. The normalized spacial score (nSPS) is 25.9. The van der Waals surface area contributed by atoms with Gasteiger partial charge in [0.15, 0.2) is 11.6 Å². The van der Waals surface area contributed by atoms with E-state index in [0.29, 0.717) is 29.2 Å². The quantitative estimate of drug-likeness (QED) is 0.342. The zero-order chi connectivity index (χ0) is 33.5. The Morgan fingerprint density at radius 3 is 2.34 bits per heavy atom. The number of piperidine rings is 1. The summed E-state index contributed by atoms with van der Waals surface area (Å²) in [5.41, 5.74) is 0.501. The number of carbonyl (C=O) groups is 2. The molecule has 10 heteroatoms. The number of aromatic nitrogens is 2. The van der Waals surface area contributed by atoms with Crippen molar-refractivity contribution < 1.29 is 18.7 Å². The van der Waals surface area contributed by atoms with Crippen molar-refractivity contribution in [3.63, 3.8) is 0 Å². The Morgan fingerprint density at radius 1 is 1.04 bits per heavy atom. The number of benzene rings is 1. The zero-order valence-corrected chi connectivity index (χ0v) is 29.1. The third kappa shape index (κ3) is 6.99. The Morgan fingerprint density at radius 2 is 1.72 bits per heavy atom. The fourth-order valence-corrected chi connectivity index (χ4v) is 8.70. The average Bonchev–Trinajstić information content (AvgIpc) is 3.34. The van der Waals surface area contributed by atoms with Crippen LogP contribution in [0.4, 0.5) is 10.2 Å². The summed E-state index contributed by atoms with van der Waals surface area (Å²) in [5.74, 6) is 2.28. The van der Waals surface area contributed by atoms with Crippen LogP contribution in [0.15, 0.2) is 30.7 Å². The smallest absolute Gasteiger partial charge is 0.258 e. The predicted octanol–water partition coefficient (Wildman–Crippen LogP) is 6.29. The van der Waals surface area contributed by atoms with E-state index in [1.54, 1.807) is 11.1 Å². The lowest BCUT2D eigenvalue weighted by Crippen LogP contribution is -2.61. The van der Waals surface area contributed by atoms with Crippen LogP contribution in [0.2, 0.25) is 0 Å². The van der Waals surface area contributed by atoms with E-state index in [9.17, 15) is 14.0 Å². The summed E-state index contributed by atoms with van der Waals surface area (Å²) in [6.07, 6.45) is 11.1. The van der Waals surface area contributed by atoms with E-state index < -0.39 is 5.82 Å². The van der Waals surface area contributed by atoms with E-state index in [1.165, 1.54) is 37.4 Å². The number of nitrogens with one attached hydrogen (secondary N) is 1. The number of rotatable bonds is 9. The molecule has 1 aliphatic carbocycles. The molecule has 1 saturated carbocycles. The summed E-state index contributed by atoms with van der Waals surface area (Å²) in [6, 6.07) is 3.99. The van der Waals surface area contributed by atoms with Gasteiger partial charge in [0.25, 0.3) is 5.91 Å². The fraction of sp³-hybridized carbons (Fsp3) is 0.676. The monoisotopic (exact) mass is 648 g/mol. The molecule has 3 saturated heterocycles. The number of ether oxygens (including phenoxy) is 1. The molecular formula is C37H53FN6O3. The topological polar surface area (TPSA) is 90.9 Å². The minimum Gasteiger partial charge on any atom is -0.451 e. The van der Waals surface area contributed by atoms with Crippen LogP contribution in [0, 0.1) is 29.0 Å². The molecule has 0 bridgehead atoms. The molecule has 1 N–H and O–H groups in total. The minimum atomic E-state index is -0.483. The standard InChI is InChI=1S/C37H53FN6O3/c1-24(2)30-18-37(41-34(30)45)11-9-27(10-12-37)20-42-15-13-36(14-16-42)21-43(22-36)33-32(19-39-23-40-33)47-31-8-7-28(38)17-29(31)35(46)44(25(3)4)26(5)6/h7-8,17,19,23-27,30H,9-16,18,20-22H2,1-6H3,(H,41,45). The highest BCUT2D eigenvalue weighted by Crippen LogP contribution is 2.46. The maximum atomic E-state index is 14.4. The fourth-order valence-electron chi connectivity index (χ4n) is 8.70. The first-order valence-electron chi connectivity index (χ1n) is 17.8. The molecule has 2 spiro atoms. The van der Waals surface area contributed by atoms with E-state index in [4.69, 9.17) is 4.74 Å². The van der Waals surface area contributed by atoms with Gasteiger partial charge in [-0.1, -0.05) is 13.8 Å². The van der Waals surface area contributed by atoms with Gasteiger partial charge in [-0.2, -0.15) is 0 Å². The van der Waals surface area contributed by atoms with Crippen LogP contribution in [0.5, 0.6) is 11.5 Å². The number of anilines is 1. The van der Waals surface area contributed by atoms with Crippen LogP contribution >= 0.6 is 0 Å². The molecule has 4 fully saturated rings. The highest BCUT2D eigenvalue weighted by molar-refractivity contribution is 5.97. The van der Waals surface area contributed by atoms with E-state index >= 15 is 0 Å². The Kier molecular flexibility index (Phi) is 9.53. The van der Waals surface area contributed by atoms with Crippen LogP contribution in [0.3, 0.4) is 0 Å². The third-order valence-electron chi connectivity index (χ3n) is 11.4. The van der Waals surface area contributed by atoms with Gasteiger partial charge in [-0.05, 0) is 116 Å². The summed E-state index contributed by atoms with van der Waals surface area (Å²) >= 11 is 0. The Hall–Kier alpha value is -3.27. The van der Waals surface area contributed by atoms with Crippen LogP contribution in [-0.2, 0) is 4.79 Å². The summed E-state index contributed by atoms with van der Waals surface area (Å²) in [6.45, 7) is 17.3. The van der Waals surface area contributed by atoms with Gasteiger partial charge in [-0.3, -0.25) is 9.59 Å². The summed E-state index contributed by atoms with van der Waals surface area (Å²) in [7, 11) is 0. The summed E-state index contributed by atoms with van der Waals surface area (Å²) in [4.78, 5) is 41.5. The maximum Gasteiger partial charge on any atom is 0.258 e. The van der Waals surface area contributed by atoms with E-state index in [1.807, 2.05) is 27.7 Å².